The van der Waals surface area contributed by atoms with Gasteiger partial charge in [-0.3, -0.25) is 4.79 Å². The molecule has 1 aromatic rings. The number of nitrogens with one attached hydrogen (secondary N) is 1. The first-order valence-electron chi connectivity index (χ1n) is 6.50. The van der Waals surface area contributed by atoms with Crippen molar-refractivity contribution in [3.8, 4) is 0 Å². The molecule has 1 aromatic heterocycles. The number of aryl methyl sites for hydroxylation is 1. The summed E-state index contributed by atoms with van der Waals surface area (Å²) in [6, 6.07) is 1.91. The van der Waals surface area contributed by atoms with Crippen LogP contribution in [-0.2, 0) is 0 Å². The highest BCUT2D eigenvalue weighted by atomic mass is 16.1. The third kappa shape index (κ3) is 1.85. The van der Waals surface area contributed by atoms with Crippen molar-refractivity contribution in [1.29, 1.82) is 0 Å². The van der Waals surface area contributed by atoms with E-state index in [0.29, 0.717) is 5.41 Å². The monoisotopic (exact) mass is 233 g/mol. The molecule has 0 amide bonds. The van der Waals surface area contributed by atoms with Gasteiger partial charge in [0.15, 0.2) is 0 Å². The quantitative estimate of drug-likeness (QED) is 0.805. The normalized spacial score (nSPS) is 22.5. The van der Waals surface area contributed by atoms with Crippen LogP contribution >= 0.6 is 0 Å². The van der Waals surface area contributed by atoms with E-state index in [9.17, 15) is 4.79 Å². The molecule has 2 fully saturated rings. The fraction of sp³-hybridized carbons (Fsp3) is 0.692. The molecule has 1 aliphatic carbocycles. The summed E-state index contributed by atoms with van der Waals surface area (Å²) >= 11 is 0. The Morgan fingerprint density at radius 1 is 1.35 bits per heavy atom. The van der Waals surface area contributed by atoms with E-state index in [-0.39, 0.29) is 5.56 Å². The summed E-state index contributed by atoms with van der Waals surface area (Å²) in [5.74, 6) is 0.936. The van der Waals surface area contributed by atoms with Gasteiger partial charge in [0.25, 0.3) is 5.56 Å². The standard InChI is InChI=1S/C13H19N3O/c1-10-8-11(14-15-12(10)17)16-7-6-13(9-16)4-2-3-5-13/h8H,2-7,9H2,1H3,(H,15,17). The van der Waals surface area contributed by atoms with E-state index in [1.807, 2.05) is 13.0 Å². The van der Waals surface area contributed by atoms with Crippen molar-refractivity contribution < 1.29 is 0 Å². The van der Waals surface area contributed by atoms with Crippen LogP contribution in [0.5, 0.6) is 0 Å². The van der Waals surface area contributed by atoms with Gasteiger partial charge >= 0.3 is 0 Å². The summed E-state index contributed by atoms with van der Waals surface area (Å²) in [6.45, 7) is 4.04. The Morgan fingerprint density at radius 3 is 2.82 bits per heavy atom. The van der Waals surface area contributed by atoms with E-state index >= 15 is 0 Å². The molecule has 2 heterocycles. The van der Waals surface area contributed by atoms with Gasteiger partial charge in [0.05, 0.1) is 0 Å². The SMILES string of the molecule is Cc1cc(N2CCC3(CCCC3)C2)n[nH]c1=O. The highest BCUT2D eigenvalue weighted by Crippen LogP contribution is 2.45. The highest BCUT2D eigenvalue weighted by molar-refractivity contribution is 5.41. The topological polar surface area (TPSA) is 49.0 Å². The molecular formula is C13H19N3O. The van der Waals surface area contributed by atoms with Gasteiger partial charge in [0.2, 0.25) is 0 Å². The maximum atomic E-state index is 11.3. The van der Waals surface area contributed by atoms with Crippen LogP contribution in [-0.4, -0.2) is 23.3 Å². The van der Waals surface area contributed by atoms with Gasteiger partial charge < -0.3 is 4.90 Å². The molecule has 17 heavy (non-hydrogen) atoms. The van der Waals surface area contributed by atoms with Crippen LogP contribution in [0.4, 0.5) is 5.82 Å². The van der Waals surface area contributed by atoms with Gasteiger partial charge in [-0.25, -0.2) is 5.10 Å². The largest absolute Gasteiger partial charge is 0.355 e. The molecule has 0 aromatic carbocycles. The minimum Gasteiger partial charge on any atom is -0.355 e. The molecular weight excluding hydrogens is 214 g/mol. The van der Waals surface area contributed by atoms with Gasteiger partial charge in [-0.2, -0.15) is 5.10 Å². The van der Waals surface area contributed by atoms with E-state index in [4.69, 9.17) is 0 Å². The molecule has 1 N–H and O–H groups in total. The Labute approximate surface area is 101 Å². The van der Waals surface area contributed by atoms with Crippen molar-refractivity contribution in [2.75, 3.05) is 18.0 Å². The molecule has 0 radical (unpaired) electrons. The van der Waals surface area contributed by atoms with Crippen molar-refractivity contribution in [3.05, 3.63) is 22.0 Å². The maximum Gasteiger partial charge on any atom is 0.267 e. The Balaban J connectivity index is 1.82. The summed E-state index contributed by atoms with van der Waals surface area (Å²) in [7, 11) is 0. The van der Waals surface area contributed by atoms with Crippen LogP contribution in [0, 0.1) is 12.3 Å². The van der Waals surface area contributed by atoms with Crippen molar-refractivity contribution in [2.45, 2.75) is 39.0 Å². The van der Waals surface area contributed by atoms with E-state index in [0.717, 1.165) is 24.5 Å². The first-order valence-corrected chi connectivity index (χ1v) is 6.50. The number of aromatic nitrogens is 2. The Morgan fingerprint density at radius 2 is 2.12 bits per heavy atom. The summed E-state index contributed by atoms with van der Waals surface area (Å²) < 4.78 is 0. The van der Waals surface area contributed by atoms with E-state index in [1.165, 1.54) is 32.1 Å². The van der Waals surface area contributed by atoms with Crippen molar-refractivity contribution in [3.63, 3.8) is 0 Å². The number of anilines is 1. The van der Waals surface area contributed by atoms with Crippen molar-refractivity contribution >= 4 is 5.82 Å². The molecule has 1 aliphatic heterocycles. The van der Waals surface area contributed by atoms with Crippen LogP contribution in [0.15, 0.2) is 10.9 Å². The van der Waals surface area contributed by atoms with Gasteiger partial charge in [0.1, 0.15) is 5.82 Å². The van der Waals surface area contributed by atoms with Gasteiger partial charge in [-0.1, -0.05) is 12.8 Å². The Bertz CT molecular complexity index is 474. The van der Waals surface area contributed by atoms with Crippen LogP contribution in [0.25, 0.3) is 0 Å². The average Bonchev–Trinajstić information content (AvgIpc) is 2.94. The minimum atomic E-state index is -0.0801. The number of rotatable bonds is 1. The zero-order chi connectivity index (χ0) is 11.9. The van der Waals surface area contributed by atoms with E-state index in [2.05, 4.69) is 15.1 Å². The first kappa shape index (κ1) is 10.8. The molecule has 4 nitrogen and oxygen atoms in total. The number of aromatic amines is 1. The molecule has 0 atom stereocenters. The molecule has 1 saturated heterocycles. The lowest BCUT2D eigenvalue weighted by Gasteiger charge is -2.23. The maximum absolute atomic E-state index is 11.3. The summed E-state index contributed by atoms with van der Waals surface area (Å²) in [5, 5.41) is 6.74. The van der Waals surface area contributed by atoms with Crippen LogP contribution < -0.4 is 10.5 Å². The smallest absolute Gasteiger partial charge is 0.267 e. The second-order valence-corrected chi connectivity index (χ2v) is 5.62. The molecule has 0 unspecified atom stereocenters. The third-order valence-corrected chi connectivity index (χ3v) is 4.40. The number of hydrogen-bond acceptors (Lipinski definition) is 3. The summed E-state index contributed by atoms with van der Waals surface area (Å²) in [6.07, 6.45) is 6.78. The molecule has 0 bridgehead atoms. The zero-order valence-corrected chi connectivity index (χ0v) is 10.3. The minimum absolute atomic E-state index is 0.0801. The zero-order valence-electron chi connectivity index (χ0n) is 10.3. The van der Waals surface area contributed by atoms with E-state index < -0.39 is 0 Å². The van der Waals surface area contributed by atoms with Crippen LogP contribution in [0.3, 0.4) is 0 Å². The summed E-state index contributed by atoms with van der Waals surface area (Å²) in [5.41, 5.74) is 1.22. The first-order chi connectivity index (χ1) is 8.19. The highest BCUT2D eigenvalue weighted by Gasteiger charge is 2.40. The second-order valence-electron chi connectivity index (χ2n) is 5.62. The number of nitrogens with zero attached hydrogens (tertiary/aromatic N) is 2. The van der Waals surface area contributed by atoms with Crippen LogP contribution in [0.2, 0.25) is 0 Å². The predicted octanol–water partition coefficient (Wildman–Crippen LogP) is 1.85. The van der Waals surface area contributed by atoms with Crippen molar-refractivity contribution in [2.24, 2.45) is 5.41 Å². The molecule has 3 rings (SSSR count). The molecule has 1 spiro atoms. The number of hydrogen-bond donors (Lipinski definition) is 1. The third-order valence-electron chi connectivity index (χ3n) is 4.40. The lowest BCUT2D eigenvalue weighted by Crippen LogP contribution is -2.27. The Kier molecular flexibility index (Phi) is 2.45. The lowest BCUT2D eigenvalue weighted by molar-refractivity contribution is 0.340. The van der Waals surface area contributed by atoms with Gasteiger partial charge in [-0.15, -0.1) is 0 Å². The van der Waals surface area contributed by atoms with E-state index in [1.54, 1.807) is 0 Å². The molecule has 92 valence electrons. The van der Waals surface area contributed by atoms with Crippen molar-refractivity contribution in [1.82, 2.24) is 10.2 Å². The molecule has 2 aliphatic rings. The fourth-order valence-electron chi connectivity index (χ4n) is 3.31. The Hall–Kier alpha value is -1.32. The van der Waals surface area contributed by atoms with Gasteiger partial charge in [-0.05, 0) is 37.7 Å². The second kappa shape index (κ2) is 3.86. The average molecular weight is 233 g/mol. The fourth-order valence-corrected chi connectivity index (χ4v) is 3.31. The predicted molar refractivity (Wildman–Crippen MR) is 67.3 cm³/mol. The molecule has 1 saturated carbocycles. The van der Waals surface area contributed by atoms with Crippen LogP contribution in [0.1, 0.15) is 37.7 Å². The summed E-state index contributed by atoms with van der Waals surface area (Å²) in [4.78, 5) is 13.6. The lowest BCUT2D eigenvalue weighted by atomic mass is 9.86. The molecule has 4 heteroatoms. The number of H-pyrrole nitrogens is 1. The van der Waals surface area contributed by atoms with Gasteiger partial charge in [0, 0.05) is 18.7 Å².